The number of nitrogens with one attached hydrogen (secondary N) is 1. The molecular weight excluding hydrogens is 231 g/mol. The molecule has 5 heteroatoms. The summed E-state index contributed by atoms with van der Waals surface area (Å²) in [4.78, 5) is 0. The van der Waals surface area contributed by atoms with Crippen molar-refractivity contribution < 1.29 is 17.9 Å². The highest BCUT2D eigenvalue weighted by Gasteiger charge is 2.32. The molecule has 1 fully saturated rings. The average Bonchev–Trinajstić information content (AvgIpc) is 2.23. The highest BCUT2D eigenvalue weighted by molar-refractivity contribution is 5.19. The molecule has 0 radical (unpaired) electrons. The van der Waals surface area contributed by atoms with Crippen molar-refractivity contribution in [3.63, 3.8) is 0 Å². The quantitative estimate of drug-likeness (QED) is 0.821. The third-order valence-electron chi connectivity index (χ3n) is 2.83. The Bertz CT molecular complexity index is 395. The van der Waals surface area contributed by atoms with E-state index in [9.17, 15) is 13.2 Å². The minimum absolute atomic E-state index is 0.0944. The highest BCUT2D eigenvalue weighted by Crippen LogP contribution is 2.25. The molecule has 1 aliphatic rings. The topological polar surface area (TPSA) is 21.3 Å². The van der Waals surface area contributed by atoms with Gasteiger partial charge in [0.05, 0.1) is 13.2 Å². The minimum atomic E-state index is -1.42. The van der Waals surface area contributed by atoms with Crippen LogP contribution in [0.2, 0.25) is 0 Å². The number of hydrogen-bond acceptors (Lipinski definition) is 2. The van der Waals surface area contributed by atoms with E-state index < -0.39 is 17.5 Å². The first-order valence-electron chi connectivity index (χ1n) is 5.42. The van der Waals surface area contributed by atoms with Crippen LogP contribution < -0.4 is 5.32 Å². The molecular formula is C12H14F3NO. The van der Waals surface area contributed by atoms with Crippen LogP contribution in [0.3, 0.4) is 0 Å². The van der Waals surface area contributed by atoms with E-state index in [0.29, 0.717) is 31.9 Å². The Morgan fingerprint density at radius 1 is 1.24 bits per heavy atom. The summed E-state index contributed by atoms with van der Waals surface area (Å²) >= 11 is 0. The Morgan fingerprint density at radius 2 is 1.82 bits per heavy atom. The lowest BCUT2D eigenvalue weighted by molar-refractivity contribution is -0.0991. The standard InChI is InChI=1S/C12H14F3NO/c1-12(6-17-7-12)5-16-4-8-2-9(13)11(15)10(14)3-8/h2-3,16H,4-7H2,1H3. The molecule has 0 saturated carbocycles. The fourth-order valence-electron chi connectivity index (χ4n) is 1.77. The predicted octanol–water partition coefficient (Wildman–Crippen LogP) is 2.23. The van der Waals surface area contributed by atoms with Crippen LogP contribution in [-0.4, -0.2) is 19.8 Å². The molecule has 1 aromatic carbocycles. The first-order valence-corrected chi connectivity index (χ1v) is 5.42. The molecule has 94 valence electrons. The Morgan fingerprint density at radius 3 is 2.29 bits per heavy atom. The van der Waals surface area contributed by atoms with Gasteiger partial charge in [0, 0.05) is 18.5 Å². The van der Waals surface area contributed by atoms with E-state index in [1.165, 1.54) is 0 Å². The number of ether oxygens (including phenoxy) is 1. The lowest BCUT2D eigenvalue weighted by atomic mass is 9.89. The van der Waals surface area contributed by atoms with Crippen molar-refractivity contribution in [2.24, 2.45) is 5.41 Å². The van der Waals surface area contributed by atoms with Gasteiger partial charge in [0.15, 0.2) is 17.5 Å². The summed E-state index contributed by atoms with van der Waals surface area (Å²) in [6.45, 7) is 4.45. The smallest absolute Gasteiger partial charge is 0.194 e. The van der Waals surface area contributed by atoms with Crippen LogP contribution in [0.25, 0.3) is 0 Å². The van der Waals surface area contributed by atoms with Crippen LogP contribution >= 0.6 is 0 Å². The van der Waals surface area contributed by atoms with Gasteiger partial charge in [-0.3, -0.25) is 0 Å². The first kappa shape index (κ1) is 12.4. The maximum atomic E-state index is 12.9. The molecule has 0 bridgehead atoms. The maximum absolute atomic E-state index is 12.9. The van der Waals surface area contributed by atoms with Crippen LogP contribution in [0, 0.1) is 22.9 Å². The van der Waals surface area contributed by atoms with Crippen LogP contribution in [0.15, 0.2) is 12.1 Å². The molecule has 1 N–H and O–H groups in total. The minimum Gasteiger partial charge on any atom is -0.380 e. The van der Waals surface area contributed by atoms with E-state index >= 15 is 0 Å². The fourth-order valence-corrected chi connectivity index (χ4v) is 1.77. The Balaban J connectivity index is 1.90. The monoisotopic (exact) mass is 245 g/mol. The van der Waals surface area contributed by atoms with Gasteiger partial charge in [-0.1, -0.05) is 6.92 Å². The zero-order chi connectivity index (χ0) is 12.5. The van der Waals surface area contributed by atoms with Crippen LogP contribution in [-0.2, 0) is 11.3 Å². The number of hydrogen-bond donors (Lipinski definition) is 1. The normalized spacial score (nSPS) is 17.9. The molecule has 17 heavy (non-hydrogen) atoms. The number of benzene rings is 1. The maximum Gasteiger partial charge on any atom is 0.194 e. The van der Waals surface area contributed by atoms with Gasteiger partial charge >= 0.3 is 0 Å². The summed E-state index contributed by atoms with van der Waals surface area (Å²) in [5.74, 6) is -3.73. The molecule has 2 nitrogen and oxygen atoms in total. The molecule has 2 rings (SSSR count). The second-order valence-electron chi connectivity index (χ2n) is 4.78. The molecule has 0 aromatic heterocycles. The van der Waals surface area contributed by atoms with Crippen LogP contribution in [0.1, 0.15) is 12.5 Å². The highest BCUT2D eigenvalue weighted by atomic mass is 19.2. The summed E-state index contributed by atoms with van der Waals surface area (Å²) in [7, 11) is 0. The Kier molecular flexibility index (Phi) is 3.40. The van der Waals surface area contributed by atoms with Crippen molar-refractivity contribution in [2.75, 3.05) is 19.8 Å². The van der Waals surface area contributed by atoms with Gasteiger partial charge < -0.3 is 10.1 Å². The SMILES string of the molecule is CC1(CNCc2cc(F)c(F)c(F)c2)COC1. The summed E-state index contributed by atoms with van der Waals surface area (Å²) in [6.07, 6.45) is 0. The molecule has 0 atom stereocenters. The van der Waals surface area contributed by atoms with Crippen LogP contribution in [0.5, 0.6) is 0 Å². The lowest BCUT2D eigenvalue weighted by Crippen LogP contribution is -2.47. The van der Waals surface area contributed by atoms with E-state index in [4.69, 9.17) is 4.74 Å². The van der Waals surface area contributed by atoms with E-state index in [0.717, 1.165) is 12.1 Å². The lowest BCUT2D eigenvalue weighted by Gasteiger charge is -2.38. The Hall–Kier alpha value is -1.07. The predicted molar refractivity (Wildman–Crippen MR) is 56.9 cm³/mol. The van der Waals surface area contributed by atoms with Gasteiger partial charge in [-0.2, -0.15) is 0 Å². The van der Waals surface area contributed by atoms with Gasteiger partial charge in [0.25, 0.3) is 0 Å². The van der Waals surface area contributed by atoms with Crippen molar-refractivity contribution in [3.05, 3.63) is 35.1 Å². The van der Waals surface area contributed by atoms with Gasteiger partial charge in [0.1, 0.15) is 0 Å². The first-order chi connectivity index (χ1) is 8.00. The largest absolute Gasteiger partial charge is 0.380 e. The Labute approximate surface area is 97.8 Å². The third-order valence-corrected chi connectivity index (χ3v) is 2.83. The van der Waals surface area contributed by atoms with Crippen molar-refractivity contribution >= 4 is 0 Å². The molecule has 0 amide bonds. The second-order valence-corrected chi connectivity index (χ2v) is 4.78. The molecule has 0 aliphatic carbocycles. The van der Waals surface area contributed by atoms with E-state index in [2.05, 4.69) is 12.2 Å². The molecule has 1 saturated heterocycles. The summed E-state index contributed by atoms with van der Waals surface area (Å²) in [5.41, 5.74) is 0.488. The van der Waals surface area contributed by atoms with Crippen molar-refractivity contribution in [1.29, 1.82) is 0 Å². The molecule has 0 unspecified atom stereocenters. The van der Waals surface area contributed by atoms with Crippen molar-refractivity contribution in [2.45, 2.75) is 13.5 Å². The number of rotatable bonds is 4. The summed E-state index contributed by atoms with van der Waals surface area (Å²) in [6, 6.07) is 2.01. The van der Waals surface area contributed by atoms with Gasteiger partial charge in [0.2, 0.25) is 0 Å². The summed E-state index contributed by atoms with van der Waals surface area (Å²) in [5, 5.41) is 3.08. The summed E-state index contributed by atoms with van der Waals surface area (Å²) < 4.78 is 43.6. The average molecular weight is 245 g/mol. The zero-order valence-electron chi connectivity index (χ0n) is 9.53. The van der Waals surface area contributed by atoms with Crippen molar-refractivity contribution in [1.82, 2.24) is 5.32 Å². The third kappa shape index (κ3) is 2.79. The van der Waals surface area contributed by atoms with Crippen LogP contribution in [0.4, 0.5) is 13.2 Å². The van der Waals surface area contributed by atoms with E-state index in [1.807, 2.05) is 0 Å². The van der Waals surface area contributed by atoms with Gasteiger partial charge in [-0.05, 0) is 17.7 Å². The molecule has 1 aliphatic heterocycles. The van der Waals surface area contributed by atoms with E-state index in [1.54, 1.807) is 0 Å². The van der Waals surface area contributed by atoms with Crippen molar-refractivity contribution in [3.8, 4) is 0 Å². The fraction of sp³-hybridized carbons (Fsp3) is 0.500. The molecule has 1 aromatic rings. The molecule has 0 spiro atoms. The number of halogens is 3. The van der Waals surface area contributed by atoms with Gasteiger partial charge in [-0.15, -0.1) is 0 Å². The van der Waals surface area contributed by atoms with Gasteiger partial charge in [-0.25, -0.2) is 13.2 Å². The second kappa shape index (κ2) is 4.66. The van der Waals surface area contributed by atoms with E-state index in [-0.39, 0.29) is 5.41 Å². The zero-order valence-corrected chi connectivity index (χ0v) is 9.53. The molecule has 1 heterocycles.